The fraction of sp³-hybridized carbons (Fsp3) is 0.0312. The minimum Gasteiger partial charge on any atom is -0.456 e. The normalized spacial score (nSPS) is 14.0. The smallest absolute Gasteiger partial charge is 0.148 e. The quantitative estimate of drug-likeness (QED) is 0.121. The van der Waals surface area contributed by atoms with Crippen molar-refractivity contribution >= 4 is 51.0 Å². The average Bonchev–Trinajstić information content (AvgIpc) is 3.40. The Morgan fingerprint density at radius 1 is 0.493 bits per heavy atom. The van der Waals surface area contributed by atoms with E-state index in [1.807, 2.05) is 102 Å². The van der Waals surface area contributed by atoms with Gasteiger partial charge in [-0.25, -0.2) is 4.39 Å². The number of anilines is 6. The summed E-state index contributed by atoms with van der Waals surface area (Å²) in [7, 11) is 0. The molecule has 0 N–H and O–H groups in total. The van der Waals surface area contributed by atoms with Crippen LogP contribution in [0.2, 0.25) is 0 Å². The fourth-order valence-corrected chi connectivity index (χ4v) is 10.1. The number of benzene rings is 9. The van der Waals surface area contributed by atoms with Gasteiger partial charge in [-0.2, -0.15) is 0 Å². The number of halogens is 1. The first-order valence-electron chi connectivity index (χ1n) is 23.3. The van der Waals surface area contributed by atoms with Gasteiger partial charge in [-0.3, -0.25) is 0 Å². The lowest BCUT2D eigenvalue weighted by molar-refractivity contribution is 0.480. The van der Waals surface area contributed by atoms with Crippen LogP contribution in [0.15, 0.2) is 243 Å². The van der Waals surface area contributed by atoms with Crippen molar-refractivity contribution in [2.45, 2.75) is 12.3 Å². The summed E-state index contributed by atoms with van der Waals surface area (Å²) in [4.78, 5) is 4.33. The molecule has 0 radical (unpaired) electrons. The third-order valence-corrected chi connectivity index (χ3v) is 13.2. The molecule has 12 rings (SSSR count). The fourth-order valence-electron chi connectivity index (χ4n) is 10.1. The molecule has 1 unspecified atom stereocenters. The van der Waals surface area contributed by atoms with Crippen LogP contribution in [-0.4, -0.2) is 0 Å². The van der Waals surface area contributed by atoms with Crippen LogP contribution in [0.3, 0.4) is 0 Å². The van der Waals surface area contributed by atoms with E-state index in [9.17, 15) is 0 Å². The highest BCUT2D eigenvalue weighted by Crippen LogP contribution is 2.57. The minimum absolute atomic E-state index is 0.269. The highest BCUT2D eigenvalue weighted by Gasteiger charge is 2.31. The van der Waals surface area contributed by atoms with Crippen LogP contribution in [-0.2, 0) is 0 Å². The van der Waals surface area contributed by atoms with Gasteiger partial charge in [0.25, 0.3) is 0 Å². The summed E-state index contributed by atoms with van der Waals surface area (Å²) < 4.78 is 30.9. The molecule has 69 heavy (non-hydrogen) atoms. The van der Waals surface area contributed by atoms with Crippen LogP contribution in [0.4, 0.5) is 38.5 Å². The highest BCUT2D eigenvalue weighted by molar-refractivity contribution is 6.14. The van der Waals surface area contributed by atoms with Crippen molar-refractivity contribution in [3.8, 4) is 56.4 Å². The second-order valence-corrected chi connectivity index (χ2v) is 17.3. The van der Waals surface area contributed by atoms with E-state index in [-0.39, 0.29) is 11.7 Å². The zero-order valence-electron chi connectivity index (χ0n) is 37.7. The highest BCUT2D eigenvalue weighted by atomic mass is 19.1. The summed E-state index contributed by atoms with van der Waals surface area (Å²) in [5, 5.41) is 2.01. The Morgan fingerprint density at radius 2 is 1.07 bits per heavy atom. The molecule has 0 aromatic heterocycles. The van der Waals surface area contributed by atoms with Gasteiger partial charge in [0, 0.05) is 68.3 Å². The van der Waals surface area contributed by atoms with E-state index in [1.165, 1.54) is 5.56 Å². The maximum absolute atomic E-state index is 17.0. The van der Waals surface area contributed by atoms with Crippen LogP contribution >= 0.6 is 0 Å². The number of rotatable bonds is 11. The summed E-state index contributed by atoms with van der Waals surface area (Å²) in [6.45, 7) is 3.76. The Bertz CT molecular complexity index is 3580. The molecule has 0 bridgehead atoms. The van der Waals surface area contributed by atoms with E-state index in [1.54, 1.807) is 12.1 Å². The zero-order chi connectivity index (χ0) is 46.3. The average molecular weight is 893 g/mol. The lowest BCUT2D eigenvalue weighted by Crippen LogP contribution is -2.14. The van der Waals surface area contributed by atoms with Gasteiger partial charge in [0.15, 0.2) is 0 Å². The molecular weight excluding hydrogens is 848 g/mol. The van der Waals surface area contributed by atoms with Crippen molar-refractivity contribution in [3.05, 3.63) is 260 Å². The van der Waals surface area contributed by atoms with Crippen molar-refractivity contribution < 1.29 is 13.9 Å². The van der Waals surface area contributed by atoms with Gasteiger partial charge in [0.05, 0.1) is 11.4 Å². The molecule has 2 aliphatic heterocycles. The number of fused-ring (bicyclic) bond motifs is 4. The van der Waals surface area contributed by atoms with Crippen LogP contribution in [0, 0.1) is 5.82 Å². The van der Waals surface area contributed by atoms with E-state index in [0.29, 0.717) is 11.4 Å². The van der Waals surface area contributed by atoms with Gasteiger partial charge in [-0.15, -0.1) is 0 Å². The van der Waals surface area contributed by atoms with E-state index >= 15 is 4.39 Å². The molecule has 0 saturated carbocycles. The summed E-state index contributed by atoms with van der Waals surface area (Å²) in [6, 6.07) is 64.0. The third kappa shape index (κ3) is 7.51. The maximum atomic E-state index is 17.0. The topological polar surface area (TPSA) is 24.9 Å². The second-order valence-electron chi connectivity index (χ2n) is 17.3. The van der Waals surface area contributed by atoms with Gasteiger partial charge < -0.3 is 19.3 Å². The number of allylic oxidation sites excluding steroid dienone is 8. The van der Waals surface area contributed by atoms with Crippen LogP contribution in [0.5, 0.6) is 23.0 Å². The summed E-state index contributed by atoms with van der Waals surface area (Å²) >= 11 is 0. The maximum Gasteiger partial charge on any atom is 0.148 e. The monoisotopic (exact) mass is 892 g/mol. The molecule has 1 atom stereocenters. The zero-order valence-corrected chi connectivity index (χ0v) is 37.7. The molecule has 0 fully saturated rings. The van der Waals surface area contributed by atoms with Crippen molar-refractivity contribution in [1.82, 2.24) is 0 Å². The Kier molecular flexibility index (Phi) is 10.6. The summed E-state index contributed by atoms with van der Waals surface area (Å²) in [5.74, 6) is 2.91. The number of para-hydroxylation sites is 3. The van der Waals surface area contributed by atoms with E-state index < -0.39 is 0 Å². The van der Waals surface area contributed by atoms with Crippen molar-refractivity contribution in [2.24, 2.45) is 0 Å². The Hall–Kier alpha value is -8.93. The number of hydrogen-bond acceptors (Lipinski definition) is 4. The van der Waals surface area contributed by atoms with Crippen LogP contribution in [0.1, 0.15) is 23.5 Å². The second kappa shape index (κ2) is 17.7. The molecule has 2 heterocycles. The minimum atomic E-state index is -0.352. The molecule has 9 aromatic rings. The molecule has 5 heteroatoms. The molecule has 3 aliphatic rings. The predicted octanol–water partition coefficient (Wildman–Crippen LogP) is 18.5. The molecule has 0 spiro atoms. The van der Waals surface area contributed by atoms with Gasteiger partial charge in [-0.1, -0.05) is 146 Å². The van der Waals surface area contributed by atoms with E-state index in [0.717, 1.165) is 102 Å². The molecule has 0 amide bonds. The standard InChI is InChI=1S/C64H45FN2O2/c1-2-3-4-9-20-43-39-55(45-23-12-6-13-24-45)64(56(65)40-43)67(47-27-16-8-17-28-47)49-32-34-52-54-36-37-58-62-53(35-38-59(63(54)62)69-61(52)42-49)51-33-31-48(41-60(51)68-58)66(46-25-14-7-15-26-46)57-30-19-18-29-50(57)44-21-10-5-11-22-44/h2-21,23-42,44H,1,22H2/b4-3-,20-9+. The molecule has 4 nitrogen and oxygen atoms in total. The van der Waals surface area contributed by atoms with Gasteiger partial charge >= 0.3 is 0 Å². The van der Waals surface area contributed by atoms with Gasteiger partial charge in [-0.05, 0) is 125 Å². The van der Waals surface area contributed by atoms with Crippen molar-refractivity contribution in [3.63, 3.8) is 0 Å². The van der Waals surface area contributed by atoms with Gasteiger partial charge in [0.2, 0.25) is 0 Å². The Balaban J connectivity index is 0.946. The molecule has 330 valence electrons. The lowest BCUT2D eigenvalue weighted by atomic mass is 9.88. The molecule has 1 aliphatic carbocycles. The summed E-state index contributed by atoms with van der Waals surface area (Å²) in [5.41, 5.74) is 13.0. The first-order chi connectivity index (χ1) is 34.1. The Labute approximate surface area is 401 Å². The van der Waals surface area contributed by atoms with Crippen molar-refractivity contribution in [2.75, 3.05) is 9.80 Å². The van der Waals surface area contributed by atoms with E-state index in [4.69, 9.17) is 9.47 Å². The number of ether oxygens (including phenoxy) is 2. The number of nitrogens with zero attached hydrogens (tertiary/aromatic N) is 2. The SMILES string of the molecule is C=C/C=C\C=C\c1cc(F)c(N(c2ccccc2)c2ccc3c(c2)Oc2ccc4c5c(ccc-3c25)Oc2cc(N(c3ccccc3)c3ccccc3C3C=CC=CC3)ccc2-4)c(-c2ccccc2)c1. The first-order valence-corrected chi connectivity index (χ1v) is 23.3. The summed E-state index contributed by atoms with van der Waals surface area (Å²) in [6.07, 6.45) is 19.0. The largest absolute Gasteiger partial charge is 0.456 e. The van der Waals surface area contributed by atoms with Crippen LogP contribution in [0.25, 0.3) is 50.2 Å². The Morgan fingerprint density at radius 3 is 1.70 bits per heavy atom. The van der Waals surface area contributed by atoms with E-state index in [2.05, 4.69) is 145 Å². The lowest BCUT2D eigenvalue weighted by Gasteiger charge is -2.32. The predicted molar refractivity (Wildman–Crippen MR) is 284 cm³/mol. The first kappa shape index (κ1) is 41.5. The molecule has 0 saturated heterocycles. The molecule has 9 aromatic carbocycles. The molecular formula is C64H45FN2O2. The number of hydrogen-bond donors (Lipinski definition) is 0. The third-order valence-electron chi connectivity index (χ3n) is 13.2. The van der Waals surface area contributed by atoms with Gasteiger partial charge in [0.1, 0.15) is 28.8 Å². The van der Waals surface area contributed by atoms with Crippen molar-refractivity contribution in [1.29, 1.82) is 0 Å². The van der Waals surface area contributed by atoms with Crippen LogP contribution < -0.4 is 19.3 Å².